The van der Waals surface area contributed by atoms with Gasteiger partial charge in [-0.25, -0.2) is 0 Å². The van der Waals surface area contributed by atoms with Gasteiger partial charge in [0.15, 0.2) is 0 Å². The fourth-order valence-corrected chi connectivity index (χ4v) is 2.22. The zero-order valence-corrected chi connectivity index (χ0v) is 12.8. The molecule has 0 heterocycles. The van der Waals surface area contributed by atoms with Gasteiger partial charge in [0.05, 0.1) is 11.0 Å². The highest BCUT2D eigenvalue weighted by atomic mass is 16.6. The first kappa shape index (κ1) is 15.7. The molecule has 2 rings (SSSR count). The molecule has 0 fully saturated rings. The molecule has 0 aliphatic carbocycles. The molecule has 2 aromatic carbocycles. The Morgan fingerprint density at radius 3 is 2.32 bits per heavy atom. The second-order valence-electron chi connectivity index (χ2n) is 5.36. The topological polar surface area (TPSA) is 72.2 Å². The van der Waals surface area contributed by atoms with Gasteiger partial charge >= 0.3 is 0 Å². The van der Waals surface area contributed by atoms with E-state index in [0.717, 1.165) is 11.1 Å². The number of nitro benzene ring substituents is 1. The zero-order chi connectivity index (χ0) is 16.3. The molecule has 0 unspecified atom stereocenters. The van der Waals surface area contributed by atoms with Crippen molar-refractivity contribution in [2.45, 2.75) is 26.8 Å². The van der Waals surface area contributed by atoms with Crippen molar-refractivity contribution in [1.29, 1.82) is 0 Å². The first-order chi connectivity index (χ1) is 10.4. The number of nitrogens with one attached hydrogen (secondary N) is 1. The molecule has 5 heteroatoms. The van der Waals surface area contributed by atoms with Gasteiger partial charge in [-0.15, -0.1) is 0 Å². The minimum Gasteiger partial charge on any atom is -0.346 e. The van der Waals surface area contributed by atoms with Gasteiger partial charge < -0.3 is 5.32 Å². The van der Waals surface area contributed by atoms with Gasteiger partial charge in [0.2, 0.25) is 0 Å². The van der Waals surface area contributed by atoms with Crippen LogP contribution >= 0.6 is 0 Å². The van der Waals surface area contributed by atoms with Gasteiger partial charge in [-0.1, -0.05) is 29.8 Å². The van der Waals surface area contributed by atoms with Gasteiger partial charge in [-0.05, 0) is 38.5 Å². The van der Waals surface area contributed by atoms with Crippen LogP contribution in [0.1, 0.15) is 40.0 Å². The number of aryl methyl sites for hydroxylation is 2. The van der Waals surface area contributed by atoms with E-state index in [1.807, 2.05) is 38.1 Å². The standard InChI is InChI=1S/C17H18N2O3/c1-11-4-6-14(7-5-11)13(3)18-17(20)15-8-9-16(19(21)22)12(2)10-15/h4-10,13H,1-3H3,(H,18,20)/t13-/m1/s1. The van der Waals surface area contributed by atoms with Gasteiger partial charge in [-0.3, -0.25) is 14.9 Å². The van der Waals surface area contributed by atoms with Crippen LogP contribution in [0.4, 0.5) is 5.69 Å². The molecule has 0 saturated heterocycles. The van der Waals surface area contributed by atoms with E-state index < -0.39 is 4.92 Å². The molecule has 0 bridgehead atoms. The van der Waals surface area contributed by atoms with Gasteiger partial charge in [0, 0.05) is 17.2 Å². The van der Waals surface area contributed by atoms with Crippen molar-refractivity contribution in [1.82, 2.24) is 5.32 Å². The summed E-state index contributed by atoms with van der Waals surface area (Å²) in [5.74, 6) is -0.244. The summed E-state index contributed by atoms with van der Waals surface area (Å²) in [7, 11) is 0. The van der Waals surface area contributed by atoms with Crippen molar-refractivity contribution in [3.05, 3.63) is 74.8 Å². The van der Waals surface area contributed by atoms with Crippen LogP contribution in [0.5, 0.6) is 0 Å². The summed E-state index contributed by atoms with van der Waals surface area (Å²) >= 11 is 0. The Morgan fingerprint density at radius 1 is 1.14 bits per heavy atom. The lowest BCUT2D eigenvalue weighted by Gasteiger charge is -2.15. The molecule has 1 N–H and O–H groups in total. The fraction of sp³-hybridized carbons (Fsp3) is 0.235. The van der Waals surface area contributed by atoms with Crippen LogP contribution in [-0.2, 0) is 0 Å². The number of carbonyl (C=O) groups is 1. The molecule has 0 aromatic heterocycles. The Kier molecular flexibility index (Phi) is 4.56. The second-order valence-corrected chi connectivity index (χ2v) is 5.36. The van der Waals surface area contributed by atoms with E-state index in [0.29, 0.717) is 11.1 Å². The lowest BCUT2D eigenvalue weighted by molar-refractivity contribution is -0.385. The highest BCUT2D eigenvalue weighted by molar-refractivity contribution is 5.95. The van der Waals surface area contributed by atoms with Crippen LogP contribution in [0.3, 0.4) is 0 Å². The molecule has 114 valence electrons. The maximum Gasteiger partial charge on any atom is 0.272 e. The third kappa shape index (κ3) is 3.49. The summed E-state index contributed by atoms with van der Waals surface area (Å²) < 4.78 is 0. The number of rotatable bonds is 4. The van der Waals surface area contributed by atoms with Gasteiger partial charge in [0.1, 0.15) is 0 Å². The molecule has 1 atom stereocenters. The minimum atomic E-state index is -0.452. The lowest BCUT2D eigenvalue weighted by atomic mass is 10.1. The fourth-order valence-electron chi connectivity index (χ4n) is 2.22. The summed E-state index contributed by atoms with van der Waals surface area (Å²) in [5, 5.41) is 13.7. The second kappa shape index (κ2) is 6.39. The zero-order valence-electron chi connectivity index (χ0n) is 12.8. The predicted molar refractivity (Wildman–Crippen MR) is 84.9 cm³/mol. The van der Waals surface area contributed by atoms with Crippen LogP contribution in [0.15, 0.2) is 42.5 Å². The van der Waals surface area contributed by atoms with Crippen molar-refractivity contribution in [2.24, 2.45) is 0 Å². The highest BCUT2D eigenvalue weighted by Crippen LogP contribution is 2.20. The summed E-state index contributed by atoms with van der Waals surface area (Å²) in [6.07, 6.45) is 0. The predicted octanol–water partition coefficient (Wildman–Crippen LogP) is 3.70. The normalized spacial score (nSPS) is 11.8. The highest BCUT2D eigenvalue weighted by Gasteiger charge is 2.15. The molecular formula is C17H18N2O3. The number of amides is 1. The van der Waals surface area contributed by atoms with E-state index in [1.54, 1.807) is 6.92 Å². The molecule has 0 aliphatic rings. The Balaban J connectivity index is 2.13. The number of hydrogen-bond acceptors (Lipinski definition) is 3. The largest absolute Gasteiger partial charge is 0.346 e. The van der Waals surface area contributed by atoms with Crippen molar-refractivity contribution in [2.75, 3.05) is 0 Å². The molecule has 0 spiro atoms. The summed E-state index contributed by atoms with van der Waals surface area (Å²) in [6, 6.07) is 12.2. The molecule has 0 radical (unpaired) electrons. The quantitative estimate of drug-likeness (QED) is 0.691. The van der Waals surface area contributed by atoms with Gasteiger partial charge in [0.25, 0.3) is 11.6 Å². The van der Waals surface area contributed by atoms with Crippen LogP contribution < -0.4 is 5.32 Å². The smallest absolute Gasteiger partial charge is 0.272 e. The number of nitro groups is 1. The van der Waals surface area contributed by atoms with Crippen molar-refractivity contribution in [3.63, 3.8) is 0 Å². The first-order valence-corrected chi connectivity index (χ1v) is 7.01. The Labute approximate surface area is 129 Å². The summed E-state index contributed by atoms with van der Waals surface area (Å²) in [4.78, 5) is 22.6. The van der Waals surface area contributed by atoms with E-state index in [-0.39, 0.29) is 17.6 Å². The minimum absolute atomic E-state index is 0.0168. The SMILES string of the molecule is Cc1ccc([C@@H](C)NC(=O)c2ccc([N+](=O)[O-])c(C)c2)cc1. The Bertz CT molecular complexity index is 708. The van der Waals surface area contributed by atoms with Crippen molar-refractivity contribution in [3.8, 4) is 0 Å². The van der Waals surface area contributed by atoms with Crippen LogP contribution in [0, 0.1) is 24.0 Å². The van der Waals surface area contributed by atoms with Crippen LogP contribution in [0.25, 0.3) is 0 Å². The summed E-state index contributed by atoms with van der Waals surface area (Å²) in [6.45, 7) is 5.53. The molecule has 2 aromatic rings. The third-order valence-corrected chi connectivity index (χ3v) is 3.58. The van der Waals surface area contributed by atoms with Crippen LogP contribution in [0.2, 0.25) is 0 Å². The number of carbonyl (C=O) groups excluding carboxylic acids is 1. The third-order valence-electron chi connectivity index (χ3n) is 3.58. The average molecular weight is 298 g/mol. The molecule has 0 saturated carbocycles. The Morgan fingerprint density at radius 2 is 1.77 bits per heavy atom. The molecule has 1 amide bonds. The molecular weight excluding hydrogens is 280 g/mol. The maximum absolute atomic E-state index is 12.2. The summed E-state index contributed by atoms with van der Waals surface area (Å²) in [5.41, 5.74) is 3.08. The van der Waals surface area contributed by atoms with E-state index >= 15 is 0 Å². The molecule has 0 aliphatic heterocycles. The monoisotopic (exact) mass is 298 g/mol. The lowest BCUT2D eigenvalue weighted by Crippen LogP contribution is -2.26. The molecule has 5 nitrogen and oxygen atoms in total. The first-order valence-electron chi connectivity index (χ1n) is 7.01. The number of benzene rings is 2. The van der Waals surface area contributed by atoms with E-state index in [4.69, 9.17) is 0 Å². The number of nitrogens with zero attached hydrogens (tertiary/aromatic N) is 1. The maximum atomic E-state index is 12.2. The van der Waals surface area contributed by atoms with Crippen molar-refractivity contribution >= 4 is 11.6 Å². The van der Waals surface area contributed by atoms with Crippen molar-refractivity contribution < 1.29 is 9.72 Å². The average Bonchev–Trinajstić information content (AvgIpc) is 2.47. The number of hydrogen-bond donors (Lipinski definition) is 1. The van der Waals surface area contributed by atoms with E-state index in [2.05, 4.69) is 5.32 Å². The van der Waals surface area contributed by atoms with E-state index in [1.165, 1.54) is 18.2 Å². The van der Waals surface area contributed by atoms with E-state index in [9.17, 15) is 14.9 Å². The van der Waals surface area contributed by atoms with Crippen LogP contribution in [-0.4, -0.2) is 10.8 Å². The molecule has 22 heavy (non-hydrogen) atoms. The Hall–Kier alpha value is -2.69. The van der Waals surface area contributed by atoms with Gasteiger partial charge in [-0.2, -0.15) is 0 Å².